The molecule has 19 heavy (non-hydrogen) atoms. The summed E-state index contributed by atoms with van der Waals surface area (Å²) >= 11 is 0. The minimum atomic E-state index is 0.0448. The third kappa shape index (κ3) is 2.20. The number of fused-ring (bicyclic) bond motifs is 1. The van der Waals surface area contributed by atoms with Crippen LogP contribution in [0, 0.1) is 0 Å². The Morgan fingerprint density at radius 3 is 3.00 bits per heavy atom. The Kier molecular flexibility index (Phi) is 2.97. The maximum absolute atomic E-state index is 5.24. The van der Waals surface area contributed by atoms with E-state index in [-0.39, 0.29) is 6.04 Å². The highest BCUT2D eigenvalue weighted by Crippen LogP contribution is 2.22. The van der Waals surface area contributed by atoms with Gasteiger partial charge < -0.3 is 9.84 Å². The molecular formula is C14H14N4O. The summed E-state index contributed by atoms with van der Waals surface area (Å²) in [5, 5.41) is 8.15. The Labute approximate surface area is 110 Å². The van der Waals surface area contributed by atoms with E-state index >= 15 is 0 Å². The molecule has 3 aromatic rings. The summed E-state index contributed by atoms with van der Waals surface area (Å²) in [4.78, 5) is 8.69. The second kappa shape index (κ2) is 4.78. The van der Waals surface area contributed by atoms with Crippen LogP contribution in [-0.2, 0) is 0 Å². The first-order valence-electron chi connectivity index (χ1n) is 6.14. The number of aromatic nitrogens is 3. The van der Waals surface area contributed by atoms with Gasteiger partial charge >= 0.3 is 0 Å². The van der Waals surface area contributed by atoms with Crippen LogP contribution in [0.25, 0.3) is 22.3 Å². The van der Waals surface area contributed by atoms with Gasteiger partial charge in [0.25, 0.3) is 0 Å². The number of hydrogen-bond donors (Lipinski definition) is 1. The van der Waals surface area contributed by atoms with E-state index in [9.17, 15) is 0 Å². The normalized spacial score (nSPS) is 12.7. The fourth-order valence-corrected chi connectivity index (χ4v) is 1.87. The van der Waals surface area contributed by atoms with Crippen molar-refractivity contribution in [3.8, 4) is 11.4 Å². The number of nitrogens with zero attached hydrogens (tertiary/aromatic N) is 3. The molecule has 1 N–H and O–H groups in total. The second-order valence-corrected chi connectivity index (χ2v) is 4.38. The lowest BCUT2D eigenvalue weighted by Gasteiger charge is -2.01. The van der Waals surface area contributed by atoms with E-state index in [4.69, 9.17) is 4.52 Å². The van der Waals surface area contributed by atoms with Gasteiger partial charge in [0.15, 0.2) is 0 Å². The Hall–Kier alpha value is -2.27. The maximum Gasteiger partial charge on any atom is 0.243 e. The largest absolute Gasteiger partial charge is 0.337 e. The van der Waals surface area contributed by atoms with E-state index in [0.29, 0.717) is 11.7 Å². The molecule has 1 atom stereocenters. The Morgan fingerprint density at radius 2 is 2.16 bits per heavy atom. The molecule has 1 unspecified atom stereocenters. The smallest absolute Gasteiger partial charge is 0.243 e. The van der Waals surface area contributed by atoms with Crippen molar-refractivity contribution in [2.45, 2.75) is 13.0 Å². The van der Waals surface area contributed by atoms with Gasteiger partial charge in [-0.3, -0.25) is 4.98 Å². The number of pyridine rings is 1. The van der Waals surface area contributed by atoms with E-state index < -0.39 is 0 Å². The van der Waals surface area contributed by atoms with Crippen LogP contribution in [-0.4, -0.2) is 22.2 Å². The SMILES string of the molecule is CNC(C)c1nc(-c2ccc3ncccc3c2)no1. The third-order valence-corrected chi connectivity index (χ3v) is 3.11. The molecule has 96 valence electrons. The van der Waals surface area contributed by atoms with E-state index in [2.05, 4.69) is 20.4 Å². The summed E-state index contributed by atoms with van der Waals surface area (Å²) in [7, 11) is 1.86. The summed E-state index contributed by atoms with van der Waals surface area (Å²) in [6.07, 6.45) is 1.78. The molecule has 5 nitrogen and oxygen atoms in total. The van der Waals surface area contributed by atoms with Crippen molar-refractivity contribution in [3.63, 3.8) is 0 Å². The zero-order valence-electron chi connectivity index (χ0n) is 10.8. The molecule has 1 aromatic carbocycles. The first-order valence-corrected chi connectivity index (χ1v) is 6.14. The molecule has 5 heteroatoms. The molecule has 3 rings (SSSR count). The van der Waals surface area contributed by atoms with Crippen molar-refractivity contribution in [1.82, 2.24) is 20.4 Å². The second-order valence-electron chi connectivity index (χ2n) is 4.38. The quantitative estimate of drug-likeness (QED) is 0.778. The molecular weight excluding hydrogens is 240 g/mol. The predicted octanol–water partition coefficient (Wildman–Crippen LogP) is 2.57. The van der Waals surface area contributed by atoms with Gasteiger partial charge in [0.1, 0.15) is 0 Å². The molecule has 0 aliphatic rings. The van der Waals surface area contributed by atoms with Gasteiger partial charge in [-0.25, -0.2) is 0 Å². The van der Waals surface area contributed by atoms with Crippen LogP contribution < -0.4 is 5.32 Å². The highest BCUT2D eigenvalue weighted by Gasteiger charge is 2.13. The monoisotopic (exact) mass is 254 g/mol. The van der Waals surface area contributed by atoms with E-state index in [1.165, 1.54) is 0 Å². The highest BCUT2D eigenvalue weighted by molar-refractivity contribution is 5.82. The number of nitrogens with one attached hydrogen (secondary N) is 1. The summed E-state index contributed by atoms with van der Waals surface area (Å²) in [6.45, 7) is 1.97. The summed E-state index contributed by atoms with van der Waals surface area (Å²) in [5.41, 5.74) is 1.89. The van der Waals surface area contributed by atoms with Crippen molar-refractivity contribution in [1.29, 1.82) is 0 Å². The Balaban J connectivity index is 2.01. The molecule has 0 saturated carbocycles. The van der Waals surface area contributed by atoms with Crippen LogP contribution in [0.15, 0.2) is 41.1 Å². The molecule has 0 radical (unpaired) electrons. The molecule has 2 heterocycles. The predicted molar refractivity (Wildman–Crippen MR) is 72.5 cm³/mol. The zero-order valence-corrected chi connectivity index (χ0v) is 10.8. The van der Waals surface area contributed by atoms with Gasteiger partial charge in [0, 0.05) is 17.1 Å². The lowest BCUT2D eigenvalue weighted by Crippen LogP contribution is -2.12. The molecule has 0 saturated heterocycles. The van der Waals surface area contributed by atoms with Crippen molar-refractivity contribution < 1.29 is 4.52 Å². The van der Waals surface area contributed by atoms with Gasteiger partial charge in [-0.1, -0.05) is 11.2 Å². The van der Waals surface area contributed by atoms with Crippen LogP contribution in [0.1, 0.15) is 18.9 Å². The average molecular weight is 254 g/mol. The fraction of sp³-hybridized carbons (Fsp3) is 0.214. The van der Waals surface area contributed by atoms with Crippen LogP contribution in [0.3, 0.4) is 0 Å². The lowest BCUT2D eigenvalue weighted by atomic mass is 10.1. The molecule has 0 amide bonds. The van der Waals surface area contributed by atoms with Gasteiger partial charge in [-0.2, -0.15) is 4.98 Å². The maximum atomic E-state index is 5.24. The van der Waals surface area contributed by atoms with Crippen LogP contribution >= 0.6 is 0 Å². The first kappa shape index (κ1) is 11.8. The Morgan fingerprint density at radius 1 is 1.26 bits per heavy atom. The summed E-state index contributed by atoms with van der Waals surface area (Å²) in [6, 6.07) is 9.90. The molecule has 0 bridgehead atoms. The van der Waals surface area contributed by atoms with Crippen molar-refractivity contribution in [2.75, 3.05) is 7.05 Å². The van der Waals surface area contributed by atoms with Crippen LogP contribution in [0.5, 0.6) is 0 Å². The van der Waals surface area contributed by atoms with Crippen LogP contribution in [0.2, 0.25) is 0 Å². The fourth-order valence-electron chi connectivity index (χ4n) is 1.87. The third-order valence-electron chi connectivity index (χ3n) is 3.11. The molecule has 0 spiro atoms. The minimum absolute atomic E-state index is 0.0448. The molecule has 2 aromatic heterocycles. The lowest BCUT2D eigenvalue weighted by molar-refractivity contribution is 0.347. The minimum Gasteiger partial charge on any atom is -0.337 e. The van der Waals surface area contributed by atoms with E-state index in [1.807, 2.05) is 44.3 Å². The van der Waals surface area contributed by atoms with Crippen molar-refractivity contribution in [2.24, 2.45) is 0 Å². The van der Waals surface area contributed by atoms with Gasteiger partial charge in [0.2, 0.25) is 11.7 Å². The van der Waals surface area contributed by atoms with E-state index in [0.717, 1.165) is 16.5 Å². The Bertz CT molecular complexity index is 707. The van der Waals surface area contributed by atoms with E-state index in [1.54, 1.807) is 6.20 Å². The summed E-state index contributed by atoms with van der Waals surface area (Å²) in [5.74, 6) is 1.19. The number of rotatable bonds is 3. The van der Waals surface area contributed by atoms with Crippen LogP contribution in [0.4, 0.5) is 0 Å². The first-order chi connectivity index (χ1) is 9.28. The zero-order chi connectivity index (χ0) is 13.2. The summed E-state index contributed by atoms with van der Waals surface area (Å²) < 4.78 is 5.24. The number of hydrogen-bond acceptors (Lipinski definition) is 5. The average Bonchev–Trinajstić information content (AvgIpc) is 2.95. The molecule has 0 aliphatic carbocycles. The van der Waals surface area contributed by atoms with Crippen molar-refractivity contribution >= 4 is 10.9 Å². The van der Waals surface area contributed by atoms with Crippen molar-refractivity contribution in [3.05, 3.63) is 42.4 Å². The van der Waals surface area contributed by atoms with Gasteiger partial charge in [0.05, 0.1) is 11.6 Å². The molecule has 0 fully saturated rings. The highest BCUT2D eigenvalue weighted by atomic mass is 16.5. The molecule has 0 aliphatic heterocycles. The topological polar surface area (TPSA) is 63.8 Å². The van der Waals surface area contributed by atoms with Gasteiger partial charge in [-0.15, -0.1) is 0 Å². The standard InChI is InChI=1S/C14H14N4O/c1-9(15-2)14-17-13(18-19-14)11-5-6-12-10(8-11)4-3-7-16-12/h3-9,15H,1-2H3. The number of benzene rings is 1. The van der Waals surface area contributed by atoms with Gasteiger partial charge in [-0.05, 0) is 38.2 Å².